The number of nitrogens with two attached hydrogens (primary N) is 1. The van der Waals surface area contributed by atoms with Crippen LogP contribution in [-0.4, -0.2) is 43.7 Å². The van der Waals surface area contributed by atoms with Gasteiger partial charge in [0.25, 0.3) is 0 Å². The first kappa shape index (κ1) is 12.3. The highest BCUT2D eigenvalue weighted by Gasteiger charge is 2.34. The topological polar surface area (TPSA) is 41.3 Å². The Labute approximate surface area is 99.8 Å². The molecular weight excluding hydrogens is 198 g/mol. The molecule has 0 spiro atoms. The molecule has 2 fully saturated rings. The van der Waals surface area contributed by atoms with Gasteiger partial charge in [-0.05, 0) is 57.7 Å². The monoisotopic (exact) mass is 225 g/mol. The van der Waals surface area contributed by atoms with Crippen LogP contribution in [0.5, 0.6) is 0 Å². The third-order valence-corrected chi connectivity index (χ3v) is 4.38. The Hall–Kier alpha value is -0.120. The van der Waals surface area contributed by atoms with E-state index >= 15 is 0 Å². The number of likely N-dealkylation sites (tertiary alicyclic amines) is 1. The van der Waals surface area contributed by atoms with E-state index in [2.05, 4.69) is 24.2 Å². The molecule has 2 aliphatic rings. The first-order chi connectivity index (χ1) is 7.65. The van der Waals surface area contributed by atoms with E-state index in [1.54, 1.807) is 0 Å². The van der Waals surface area contributed by atoms with Gasteiger partial charge in [-0.15, -0.1) is 0 Å². The first-order valence-electron chi connectivity index (χ1n) is 6.79. The molecule has 2 rings (SSSR count). The molecule has 3 heteroatoms. The molecule has 0 bridgehead atoms. The van der Waals surface area contributed by atoms with E-state index in [1.165, 1.54) is 32.2 Å². The van der Waals surface area contributed by atoms with Crippen LogP contribution in [-0.2, 0) is 0 Å². The Bertz CT molecular complexity index is 227. The third kappa shape index (κ3) is 2.96. The van der Waals surface area contributed by atoms with Crippen LogP contribution < -0.4 is 11.1 Å². The molecule has 1 heterocycles. The minimum Gasteiger partial charge on any atom is -0.329 e. The lowest BCUT2D eigenvalue weighted by Gasteiger charge is -2.42. The van der Waals surface area contributed by atoms with Crippen molar-refractivity contribution in [2.45, 2.75) is 38.1 Å². The van der Waals surface area contributed by atoms with Crippen molar-refractivity contribution in [3.63, 3.8) is 0 Å². The fraction of sp³-hybridized carbons (Fsp3) is 1.00. The maximum absolute atomic E-state index is 5.99. The minimum atomic E-state index is 0.191. The van der Waals surface area contributed by atoms with Crippen molar-refractivity contribution < 1.29 is 0 Å². The van der Waals surface area contributed by atoms with Crippen molar-refractivity contribution in [3.05, 3.63) is 0 Å². The third-order valence-electron chi connectivity index (χ3n) is 4.38. The summed E-state index contributed by atoms with van der Waals surface area (Å²) in [5.41, 5.74) is 6.18. The van der Waals surface area contributed by atoms with E-state index in [9.17, 15) is 0 Å². The maximum atomic E-state index is 5.99. The molecule has 0 aromatic carbocycles. The number of nitrogens with one attached hydrogen (secondary N) is 1. The van der Waals surface area contributed by atoms with Gasteiger partial charge >= 0.3 is 0 Å². The standard InChI is InChI=1S/C13H27N3/c1-11(12-4-5-12)8-15-13(9-14)6-3-7-16(2)10-13/h11-12,15H,3-10,14H2,1-2H3. The number of nitrogens with zero attached hydrogens (tertiary/aromatic N) is 1. The SMILES string of the molecule is CC(CNC1(CN)CCCN(C)C1)C1CC1. The van der Waals surface area contributed by atoms with Crippen molar-refractivity contribution in [1.29, 1.82) is 0 Å². The second-order valence-electron chi connectivity index (χ2n) is 6.02. The van der Waals surface area contributed by atoms with Crippen molar-refractivity contribution in [2.24, 2.45) is 17.6 Å². The molecule has 16 heavy (non-hydrogen) atoms. The van der Waals surface area contributed by atoms with Crippen LogP contribution in [0.4, 0.5) is 0 Å². The van der Waals surface area contributed by atoms with Gasteiger partial charge in [0.2, 0.25) is 0 Å². The Balaban J connectivity index is 1.82. The average Bonchev–Trinajstić information content (AvgIpc) is 3.10. The molecule has 0 aromatic rings. The Morgan fingerprint density at radius 3 is 2.81 bits per heavy atom. The molecule has 3 nitrogen and oxygen atoms in total. The molecular formula is C13H27N3. The highest BCUT2D eigenvalue weighted by molar-refractivity contribution is 4.95. The Morgan fingerprint density at radius 1 is 1.50 bits per heavy atom. The molecule has 0 aromatic heterocycles. The van der Waals surface area contributed by atoms with E-state index in [0.717, 1.165) is 31.5 Å². The fourth-order valence-electron chi connectivity index (χ4n) is 2.95. The molecule has 2 unspecified atom stereocenters. The van der Waals surface area contributed by atoms with E-state index in [4.69, 9.17) is 5.73 Å². The van der Waals surface area contributed by atoms with E-state index in [1.807, 2.05) is 0 Å². The van der Waals surface area contributed by atoms with Crippen LogP contribution in [0, 0.1) is 11.8 Å². The van der Waals surface area contributed by atoms with Crippen molar-refractivity contribution in [2.75, 3.05) is 33.2 Å². The molecule has 1 saturated carbocycles. The lowest BCUT2D eigenvalue weighted by Crippen LogP contribution is -2.61. The number of piperidine rings is 1. The lowest BCUT2D eigenvalue weighted by molar-refractivity contribution is 0.144. The van der Waals surface area contributed by atoms with Gasteiger partial charge in [-0.2, -0.15) is 0 Å². The predicted molar refractivity (Wildman–Crippen MR) is 68.4 cm³/mol. The van der Waals surface area contributed by atoms with E-state index in [0.29, 0.717) is 0 Å². The van der Waals surface area contributed by atoms with Gasteiger partial charge in [0.1, 0.15) is 0 Å². The second kappa shape index (κ2) is 5.03. The molecule has 1 aliphatic carbocycles. The Morgan fingerprint density at radius 2 is 2.25 bits per heavy atom. The predicted octanol–water partition coefficient (Wildman–Crippen LogP) is 1.05. The molecule has 1 aliphatic heterocycles. The van der Waals surface area contributed by atoms with Crippen LogP contribution in [0.3, 0.4) is 0 Å². The second-order valence-corrected chi connectivity index (χ2v) is 6.02. The smallest absolute Gasteiger partial charge is 0.0433 e. The molecule has 2 atom stereocenters. The molecule has 3 N–H and O–H groups in total. The highest BCUT2D eigenvalue weighted by Crippen LogP contribution is 2.36. The van der Waals surface area contributed by atoms with Gasteiger partial charge in [0.15, 0.2) is 0 Å². The summed E-state index contributed by atoms with van der Waals surface area (Å²) in [5, 5.41) is 3.77. The zero-order valence-electron chi connectivity index (χ0n) is 10.8. The summed E-state index contributed by atoms with van der Waals surface area (Å²) in [6, 6.07) is 0. The summed E-state index contributed by atoms with van der Waals surface area (Å²) >= 11 is 0. The van der Waals surface area contributed by atoms with Gasteiger partial charge in [0, 0.05) is 18.6 Å². The number of hydrogen-bond acceptors (Lipinski definition) is 3. The van der Waals surface area contributed by atoms with E-state index in [-0.39, 0.29) is 5.54 Å². The summed E-state index contributed by atoms with van der Waals surface area (Å²) in [6.45, 7) is 6.63. The van der Waals surface area contributed by atoms with Crippen LogP contribution in [0.1, 0.15) is 32.6 Å². The van der Waals surface area contributed by atoms with Gasteiger partial charge < -0.3 is 16.0 Å². The van der Waals surface area contributed by atoms with Crippen LogP contribution in [0.2, 0.25) is 0 Å². The van der Waals surface area contributed by atoms with Gasteiger partial charge in [0.05, 0.1) is 0 Å². The summed E-state index contributed by atoms with van der Waals surface area (Å²) in [4.78, 5) is 2.41. The molecule has 0 radical (unpaired) electrons. The molecule has 1 saturated heterocycles. The van der Waals surface area contributed by atoms with Crippen LogP contribution in [0.15, 0.2) is 0 Å². The average molecular weight is 225 g/mol. The number of rotatable bonds is 5. The quantitative estimate of drug-likeness (QED) is 0.735. The van der Waals surface area contributed by atoms with Gasteiger partial charge in [-0.1, -0.05) is 6.92 Å². The minimum absolute atomic E-state index is 0.191. The van der Waals surface area contributed by atoms with Crippen molar-refractivity contribution in [3.8, 4) is 0 Å². The molecule has 0 amide bonds. The number of likely N-dealkylation sites (N-methyl/N-ethyl adjacent to an activating group) is 1. The van der Waals surface area contributed by atoms with Crippen LogP contribution in [0.25, 0.3) is 0 Å². The largest absolute Gasteiger partial charge is 0.329 e. The van der Waals surface area contributed by atoms with Crippen LogP contribution >= 0.6 is 0 Å². The summed E-state index contributed by atoms with van der Waals surface area (Å²) in [6.07, 6.45) is 5.40. The summed E-state index contributed by atoms with van der Waals surface area (Å²) in [7, 11) is 2.20. The zero-order chi connectivity index (χ0) is 11.6. The molecule has 94 valence electrons. The van der Waals surface area contributed by atoms with Crippen molar-refractivity contribution >= 4 is 0 Å². The first-order valence-corrected chi connectivity index (χ1v) is 6.79. The number of hydrogen-bond donors (Lipinski definition) is 2. The van der Waals surface area contributed by atoms with Gasteiger partial charge in [-0.3, -0.25) is 0 Å². The summed E-state index contributed by atoms with van der Waals surface area (Å²) < 4.78 is 0. The fourth-order valence-corrected chi connectivity index (χ4v) is 2.95. The van der Waals surface area contributed by atoms with E-state index < -0.39 is 0 Å². The Kier molecular flexibility index (Phi) is 3.88. The normalized spacial score (nSPS) is 33.9. The zero-order valence-corrected chi connectivity index (χ0v) is 10.8. The highest BCUT2D eigenvalue weighted by atomic mass is 15.2. The van der Waals surface area contributed by atoms with Crippen molar-refractivity contribution in [1.82, 2.24) is 10.2 Å². The lowest BCUT2D eigenvalue weighted by atomic mass is 9.88. The maximum Gasteiger partial charge on any atom is 0.0433 e. The summed E-state index contributed by atoms with van der Waals surface area (Å²) in [5.74, 6) is 1.82. The van der Waals surface area contributed by atoms with Gasteiger partial charge in [-0.25, -0.2) is 0 Å².